The van der Waals surface area contributed by atoms with Crippen LogP contribution in [0.25, 0.3) is 22.4 Å². The van der Waals surface area contributed by atoms with Gasteiger partial charge in [0.05, 0.1) is 18.8 Å². The lowest BCUT2D eigenvalue weighted by Gasteiger charge is -2.32. The van der Waals surface area contributed by atoms with E-state index in [1.807, 2.05) is 28.6 Å². The summed E-state index contributed by atoms with van der Waals surface area (Å²) in [5.74, 6) is -0.0374. The standard InChI is InChI=1S/C24H25FN4O2/c1-16-14-19(6-9-26-16)22-21-15-28(24(30)18-7-12-31-13-8-18)10-11-29(21)27-23(22)17-2-4-20(25)5-3-17/h2-6,9,14,18H,7-8,10-13,15H2,1H3. The molecular weight excluding hydrogens is 395 g/mol. The molecule has 0 unspecified atom stereocenters. The molecule has 0 radical (unpaired) electrons. The van der Waals surface area contributed by atoms with Gasteiger partial charge in [-0.2, -0.15) is 5.10 Å². The molecule has 160 valence electrons. The van der Waals surface area contributed by atoms with E-state index >= 15 is 0 Å². The Bertz CT molecular complexity index is 1100. The second-order valence-electron chi connectivity index (χ2n) is 8.23. The van der Waals surface area contributed by atoms with Gasteiger partial charge in [-0.15, -0.1) is 0 Å². The summed E-state index contributed by atoms with van der Waals surface area (Å²) in [6.45, 7) is 5.06. The number of ether oxygens (including phenoxy) is 1. The SMILES string of the molecule is Cc1cc(-c2c(-c3ccc(F)cc3)nn3c2CN(C(=O)C2CCOCC2)CC3)ccn1. The van der Waals surface area contributed by atoms with Crippen LogP contribution >= 0.6 is 0 Å². The lowest BCUT2D eigenvalue weighted by Crippen LogP contribution is -2.43. The molecule has 1 aromatic carbocycles. The van der Waals surface area contributed by atoms with Gasteiger partial charge >= 0.3 is 0 Å². The van der Waals surface area contributed by atoms with E-state index < -0.39 is 0 Å². The Labute approximate surface area is 180 Å². The number of nitrogens with zero attached hydrogens (tertiary/aromatic N) is 4. The first-order valence-corrected chi connectivity index (χ1v) is 10.8. The second kappa shape index (κ2) is 8.23. The fraction of sp³-hybridized carbons (Fsp3) is 0.375. The molecule has 2 aromatic heterocycles. The molecule has 1 amide bonds. The Balaban J connectivity index is 1.56. The molecule has 0 saturated carbocycles. The number of aryl methyl sites for hydroxylation is 1. The Morgan fingerprint density at radius 3 is 2.61 bits per heavy atom. The minimum Gasteiger partial charge on any atom is -0.381 e. The summed E-state index contributed by atoms with van der Waals surface area (Å²) in [7, 11) is 0. The summed E-state index contributed by atoms with van der Waals surface area (Å²) in [5.41, 5.74) is 5.58. The van der Waals surface area contributed by atoms with Gasteiger partial charge < -0.3 is 9.64 Å². The summed E-state index contributed by atoms with van der Waals surface area (Å²) in [6, 6.07) is 10.4. The number of rotatable bonds is 3. The summed E-state index contributed by atoms with van der Waals surface area (Å²) in [5, 5.41) is 4.88. The van der Waals surface area contributed by atoms with Gasteiger partial charge in [0.2, 0.25) is 5.91 Å². The number of amides is 1. The average molecular weight is 420 g/mol. The van der Waals surface area contributed by atoms with Crippen LogP contribution in [0.3, 0.4) is 0 Å². The van der Waals surface area contributed by atoms with Gasteiger partial charge in [-0.1, -0.05) is 0 Å². The number of hydrogen-bond acceptors (Lipinski definition) is 4. The van der Waals surface area contributed by atoms with E-state index in [9.17, 15) is 9.18 Å². The molecule has 0 atom stereocenters. The van der Waals surface area contributed by atoms with Crippen molar-refractivity contribution in [2.75, 3.05) is 19.8 Å². The molecule has 1 saturated heterocycles. The fourth-order valence-electron chi connectivity index (χ4n) is 4.52. The van der Waals surface area contributed by atoms with Crippen LogP contribution in [0, 0.1) is 18.7 Å². The van der Waals surface area contributed by atoms with E-state index in [0.29, 0.717) is 32.8 Å². The van der Waals surface area contributed by atoms with Crippen molar-refractivity contribution in [2.45, 2.75) is 32.9 Å². The van der Waals surface area contributed by atoms with Crippen molar-refractivity contribution in [3.8, 4) is 22.4 Å². The van der Waals surface area contributed by atoms with Gasteiger partial charge in [0.15, 0.2) is 0 Å². The van der Waals surface area contributed by atoms with Crippen LogP contribution in [0.2, 0.25) is 0 Å². The van der Waals surface area contributed by atoms with E-state index in [4.69, 9.17) is 9.84 Å². The third-order valence-corrected chi connectivity index (χ3v) is 6.17. The number of pyridine rings is 1. The molecule has 0 spiro atoms. The normalized spacial score (nSPS) is 16.9. The maximum Gasteiger partial charge on any atom is 0.226 e. The molecule has 1 fully saturated rings. The van der Waals surface area contributed by atoms with Crippen LogP contribution in [0.5, 0.6) is 0 Å². The predicted octanol–water partition coefficient (Wildman–Crippen LogP) is 3.83. The Morgan fingerprint density at radius 2 is 1.87 bits per heavy atom. The lowest BCUT2D eigenvalue weighted by atomic mass is 9.96. The van der Waals surface area contributed by atoms with Crippen LogP contribution in [0.4, 0.5) is 4.39 Å². The van der Waals surface area contributed by atoms with Crippen LogP contribution < -0.4 is 0 Å². The molecule has 7 heteroatoms. The minimum atomic E-state index is -0.276. The van der Waals surface area contributed by atoms with E-state index in [1.165, 1.54) is 12.1 Å². The fourth-order valence-corrected chi connectivity index (χ4v) is 4.52. The Hall–Kier alpha value is -3.06. The minimum absolute atomic E-state index is 0.0337. The third kappa shape index (κ3) is 3.85. The van der Waals surface area contributed by atoms with Crippen LogP contribution in [-0.4, -0.2) is 45.3 Å². The van der Waals surface area contributed by atoms with Crippen LogP contribution in [0.15, 0.2) is 42.6 Å². The largest absolute Gasteiger partial charge is 0.381 e. The molecule has 0 bridgehead atoms. The molecule has 0 aliphatic carbocycles. The lowest BCUT2D eigenvalue weighted by molar-refractivity contribution is -0.140. The maximum atomic E-state index is 13.5. The molecule has 6 nitrogen and oxygen atoms in total. The topological polar surface area (TPSA) is 60.2 Å². The highest BCUT2D eigenvalue weighted by atomic mass is 19.1. The molecular formula is C24H25FN4O2. The van der Waals surface area contributed by atoms with Crippen molar-refractivity contribution < 1.29 is 13.9 Å². The van der Waals surface area contributed by atoms with Gasteiger partial charge in [-0.25, -0.2) is 4.39 Å². The van der Waals surface area contributed by atoms with Crippen molar-refractivity contribution in [2.24, 2.45) is 5.92 Å². The van der Waals surface area contributed by atoms with Gasteiger partial charge in [-0.05, 0) is 61.7 Å². The summed E-state index contributed by atoms with van der Waals surface area (Å²) >= 11 is 0. The molecule has 31 heavy (non-hydrogen) atoms. The van der Waals surface area contributed by atoms with Gasteiger partial charge in [0.25, 0.3) is 0 Å². The third-order valence-electron chi connectivity index (χ3n) is 6.17. The second-order valence-corrected chi connectivity index (χ2v) is 8.23. The highest BCUT2D eigenvalue weighted by Gasteiger charge is 2.32. The van der Waals surface area contributed by atoms with Crippen molar-refractivity contribution in [1.29, 1.82) is 0 Å². The first-order valence-electron chi connectivity index (χ1n) is 10.8. The number of aromatic nitrogens is 3. The van der Waals surface area contributed by atoms with Crippen LogP contribution in [-0.2, 0) is 22.6 Å². The maximum absolute atomic E-state index is 13.5. The molecule has 5 rings (SSSR count). The van der Waals surface area contributed by atoms with Crippen molar-refractivity contribution in [3.05, 3.63) is 59.8 Å². The first kappa shape index (κ1) is 19.9. The molecule has 4 heterocycles. The number of benzene rings is 1. The first-order chi connectivity index (χ1) is 15.1. The zero-order valence-electron chi connectivity index (χ0n) is 17.6. The van der Waals surface area contributed by atoms with E-state index in [0.717, 1.165) is 46.6 Å². The summed E-state index contributed by atoms with van der Waals surface area (Å²) < 4.78 is 21.0. The van der Waals surface area contributed by atoms with E-state index in [2.05, 4.69) is 4.98 Å². The predicted molar refractivity (Wildman–Crippen MR) is 115 cm³/mol. The Morgan fingerprint density at radius 1 is 1.10 bits per heavy atom. The highest BCUT2D eigenvalue weighted by molar-refractivity contribution is 5.84. The Kier molecular flexibility index (Phi) is 5.28. The zero-order valence-corrected chi connectivity index (χ0v) is 17.6. The quantitative estimate of drug-likeness (QED) is 0.646. The highest BCUT2D eigenvalue weighted by Crippen LogP contribution is 2.37. The summed E-state index contributed by atoms with van der Waals surface area (Å²) in [4.78, 5) is 19.5. The van der Waals surface area contributed by atoms with Gasteiger partial charge in [0.1, 0.15) is 11.5 Å². The van der Waals surface area contributed by atoms with Crippen LogP contribution in [0.1, 0.15) is 24.2 Å². The molecule has 3 aromatic rings. The molecule has 2 aliphatic rings. The number of hydrogen-bond donors (Lipinski definition) is 0. The number of carbonyl (C=O) groups is 1. The van der Waals surface area contributed by atoms with Crippen molar-refractivity contribution >= 4 is 5.91 Å². The van der Waals surface area contributed by atoms with Crippen molar-refractivity contribution in [1.82, 2.24) is 19.7 Å². The van der Waals surface area contributed by atoms with E-state index in [1.54, 1.807) is 18.3 Å². The van der Waals surface area contributed by atoms with Gasteiger partial charge in [0, 0.05) is 48.7 Å². The number of carbonyl (C=O) groups excluding carboxylic acids is 1. The average Bonchev–Trinajstić information content (AvgIpc) is 3.18. The summed E-state index contributed by atoms with van der Waals surface area (Å²) in [6.07, 6.45) is 3.36. The van der Waals surface area contributed by atoms with Crippen molar-refractivity contribution in [3.63, 3.8) is 0 Å². The number of halogens is 1. The smallest absolute Gasteiger partial charge is 0.226 e. The van der Waals surface area contributed by atoms with E-state index in [-0.39, 0.29) is 17.6 Å². The zero-order chi connectivity index (χ0) is 21.4. The molecule has 2 aliphatic heterocycles. The van der Waals surface area contributed by atoms with Gasteiger partial charge in [-0.3, -0.25) is 14.5 Å². The molecule has 0 N–H and O–H groups in total. The number of fused-ring (bicyclic) bond motifs is 1. The monoisotopic (exact) mass is 420 g/mol.